The molecular formula is C16H13NO2. The van der Waals surface area contributed by atoms with Gasteiger partial charge in [0.15, 0.2) is 0 Å². The fraction of sp³-hybridized carbons (Fsp3) is 0.188. The maximum atomic E-state index is 12.5. The average molecular weight is 251 g/mol. The minimum atomic E-state index is -0.503. The van der Waals surface area contributed by atoms with E-state index in [2.05, 4.69) is 0 Å². The van der Waals surface area contributed by atoms with Crippen molar-refractivity contribution in [2.75, 3.05) is 4.90 Å². The molecule has 2 atom stereocenters. The molecule has 2 aromatic carbocycles. The lowest BCUT2D eigenvalue weighted by atomic mass is 9.91. The van der Waals surface area contributed by atoms with Crippen molar-refractivity contribution in [3.63, 3.8) is 0 Å². The lowest BCUT2D eigenvalue weighted by molar-refractivity contribution is 0.0968. The topological polar surface area (TPSA) is 40.5 Å². The number of carbonyl (C=O) groups excluding carboxylic acids is 1. The number of hydrogen-bond donors (Lipinski definition) is 1. The van der Waals surface area contributed by atoms with Crippen LogP contribution in [-0.2, 0) is 0 Å². The molecule has 0 bridgehead atoms. The van der Waals surface area contributed by atoms with Crippen molar-refractivity contribution < 1.29 is 9.90 Å². The zero-order valence-electron chi connectivity index (χ0n) is 10.3. The zero-order chi connectivity index (χ0) is 13.0. The number of rotatable bonds is 0. The Morgan fingerprint density at radius 3 is 2.53 bits per heavy atom. The van der Waals surface area contributed by atoms with E-state index in [1.807, 2.05) is 53.4 Å². The fourth-order valence-corrected chi connectivity index (χ4v) is 3.23. The number of benzene rings is 2. The Kier molecular flexibility index (Phi) is 2.09. The molecule has 94 valence electrons. The third-order valence-corrected chi connectivity index (χ3v) is 4.08. The molecule has 0 spiro atoms. The van der Waals surface area contributed by atoms with Gasteiger partial charge in [-0.1, -0.05) is 36.4 Å². The van der Waals surface area contributed by atoms with Gasteiger partial charge in [-0.2, -0.15) is 0 Å². The molecule has 0 radical (unpaired) electrons. The third kappa shape index (κ3) is 1.33. The van der Waals surface area contributed by atoms with Gasteiger partial charge in [0.1, 0.15) is 0 Å². The van der Waals surface area contributed by atoms with E-state index in [0.29, 0.717) is 6.42 Å². The summed E-state index contributed by atoms with van der Waals surface area (Å²) in [6.45, 7) is 0. The fourth-order valence-electron chi connectivity index (χ4n) is 3.23. The molecule has 3 heteroatoms. The van der Waals surface area contributed by atoms with E-state index in [-0.39, 0.29) is 11.9 Å². The molecule has 1 N–H and O–H groups in total. The Balaban J connectivity index is 1.95. The second-order valence-electron chi connectivity index (χ2n) is 5.09. The van der Waals surface area contributed by atoms with Gasteiger partial charge in [0.25, 0.3) is 5.91 Å². The molecule has 2 aromatic rings. The van der Waals surface area contributed by atoms with Crippen molar-refractivity contribution in [2.45, 2.75) is 18.6 Å². The molecule has 0 saturated heterocycles. The molecule has 0 aliphatic carbocycles. The summed E-state index contributed by atoms with van der Waals surface area (Å²) in [6, 6.07) is 15.3. The van der Waals surface area contributed by atoms with Crippen LogP contribution in [0.1, 0.15) is 40.1 Å². The van der Waals surface area contributed by atoms with Crippen molar-refractivity contribution in [1.82, 2.24) is 0 Å². The van der Waals surface area contributed by atoms with Gasteiger partial charge in [-0.3, -0.25) is 4.79 Å². The second kappa shape index (κ2) is 3.68. The smallest absolute Gasteiger partial charge is 0.259 e. The number of hydrogen-bond acceptors (Lipinski definition) is 2. The largest absolute Gasteiger partial charge is 0.388 e. The summed E-state index contributed by atoms with van der Waals surface area (Å²) in [6.07, 6.45) is 0.0659. The van der Waals surface area contributed by atoms with E-state index in [4.69, 9.17) is 0 Å². The first-order valence-corrected chi connectivity index (χ1v) is 6.47. The predicted molar refractivity (Wildman–Crippen MR) is 72.0 cm³/mol. The van der Waals surface area contributed by atoms with E-state index >= 15 is 0 Å². The second-order valence-corrected chi connectivity index (χ2v) is 5.09. The number of carbonyl (C=O) groups is 1. The van der Waals surface area contributed by atoms with Crippen molar-refractivity contribution in [3.05, 3.63) is 65.2 Å². The summed E-state index contributed by atoms with van der Waals surface area (Å²) >= 11 is 0. The number of fused-ring (bicyclic) bond motifs is 5. The highest BCUT2D eigenvalue weighted by atomic mass is 16.3. The molecule has 2 aliphatic heterocycles. The third-order valence-electron chi connectivity index (χ3n) is 4.08. The van der Waals surface area contributed by atoms with Gasteiger partial charge < -0.3 is 10.0 Å². The van der Waals surface area contributed by atoms with E-state index in [1.165, 1.54) is 0 Å². The van der Waals surface area contributed by atoms with Crippen LogP contribution >= 0.6 is 0 Å². The number of anilines is 1. The van der Waals surface area contributed by atoms with E-state index in [9.17, 15) is 9.90 Å². The van der Waals surface area contributed by atoms with Crippen LogP contribution in [0.2, 0.25) is 0 Å². The number of para-hydroxylation sites is 1. The van der Waals surface area contributed by atoms with Crippen LogP contribution in [-0.4, -0.2) is 11.0 Å². The Morgan fingerprint density at radius 2 is 1.68 bits per heavy atom. The number of nitrogens with zero attached hydrogens (tertiary/aromatic N) is 1. The summed E-state index contributed by atoms with van der Waals surface area (Å²) in [5.74, 6) is 0.0416. The van der Waals surface area contributed by atoms with Crippen LogP contribution in [0.25, 0.3) is 0 Å². The summed E-state index contributed by atoms with van der Waals surface area (Å²) in [5, 5.41) is 10.3. The molecule has 0 aromatic heterocycles. The van der Waals surface area contributed by atoms with Crippen LogP contribution < -0.4 is 4.90 Å². The lowest BCUT2D eigenvalue weighted by Gasteiger charge is -2.35. The maximum Gasteiger partial charge on any atom is 0.259 e. The minimum absolute atomic E-state index is 0.0337. The van der Waals surface area contributed by atoms with Gasteiger partial charge in [-0.05, 0) is 17.7 Å². The summed E-state index contributed by atoms with van der Waals surface area (Å²) in [5.41, 5.74) is 3.48. The van der Waals surface area contributed by atoms with Crippen molar-refractivity contribution >= 4 is 11.6 Å². The van der Waals surface area contributed by atoms with Gasteiger partial charge in [0.05, 0.1) is 17.8 Å². The Labute approximate surface area is 111 Å². The number of aliphatic hydroxyl groups excluding tert-OH is 1. The summed E-state index contributed by atoms with van der Waals surface area (Å²) in [4.78, 5) is 14.4. The molecule has 2 unspecified atom stereocenters. The van der Waals surface area contributed by atoms with Crippen LogP contribution in [0.3, 0.4) is 0 Å². The average Bonchev–Trinajstić information content (AvgIpc) is 2.73. The highest BCUT2D eigenvalue weighted by Crippen LogP contribution is 2.48. The summed E-state index contributed by atoms with van der Waals surface area (Å²) < 4.78 is 0. The standard InChI is InChI=1S/C16H13NO2/c18-15-9-14-10-5-1-2-6-11(10)16(19)17(14)13-8-4-3-7-12(13)15/h1-8,14-15,18H,9H2. The minimum Gasteiger partial charge on any atom is -0.388 e. The zero-order valence-corrected chi connectivity index (χ0v) is 10.3. The van der Waals surface area contributed by atoms with Gasteiger partial charge in [0, 0.05) is 17.5 Å². The predicted octanol–water partition coefficient (Wildman–Crippen LogP) is 2.83. The van der Waals surface area contributed by atoms with E-state index in [1.54, 1.807) is 0 Å². The first-order valence-electron chi connectivity index (χ1n) is 6.47. The van der Waals surface area contributed by atoms with Crippen LogP contribution in [0.5, 0.6) is 0 Å². The van der Waals surface area contributed by atoms with Gasteiger partial charge in [-0.25, -0.2) is 0 Å². The highest BCUT2D eigenvalue weighted by Gasteiger charge is 2.42. The van der Waals surface area contributed by atoms with E-state index < -0.39 is 6.10 Å². The number of aliphatic hydroxyl groups is 1. The molecule has 4 rings (SSSR count). The Hall–Kier alpha value is -2.13. The van der Waals surface area contributed by atoms with Gasteiger partial charge >= 0.3 is 0 Å². The first-order chi connectivity index (χ1) is 9.27. The van der Waals surface area contributed by atoms with Crippen molar-refractivity contribution in [1.29, 1.82) is 0 Å². The molecule has 0 fully saturated rings. The first kappa shape index (κ1) is 10.8. The molecule has 0 saturated carbocycles. The monoisotopic (exact) mass is 251 g/mol. The molecule has 3 nitrogen and oxygen atoms in total. The van der Waals surface area contributed by atoms with E-state index in [0.717, 1.165) is 22.4 Å². The Morgan fingerprint density at radius 1 is 1.00 bits per heavy atom. The highest BCUT2D eigenvalue weighted by molar-refractivity contribution is 6.11. The molecule has 2 heterocycles. The quantitative estimate of drug-likeness (QED) is 0.782. The van der Waals surface area contributed by atoms with Crippen LogP contribution in [0.4, 0.5) is 5.69 Å². The van der Waals surface area contributed by atoms with Crippen LogP contribution in [0, 0.1) is 0 Å². The molecule has 2 aliphatic rings. The normalized spacial score (nSPS) is 23.8. The molecular weight excluding hydrogens is 238 g/mol. The SMILES string of the molecule is O=C1c2ccccc2C2CC(O)c3ccccc3N12. The van der Waals surface area contributed by atoms with Crippen LogP contribution in [0.15, 0.2) is 48.5 Å². The molecule has 19 heavy (non-hydrogen) atoms. The van der Waals surface area contributed by atoms with Crippen molar-refractivity contribution in [3.8, 4) is 0 Å². The molecule has 1 amide bonds. The summed E-state index contributed by atoms with van der Waals surface area (Å²) in [7, 11) is 0. The maximum absolute atomic E-state index is 12.5. The van der Waals surface area contributed by atoms with Crippen molar-refractivity contribution in [2.24, 2.45) is 0 Å². The van der Waals surface area contributed by atoms with Gasteiger partial charge in [0.2, 0.25) is 0 Å². The van der Waals surface area contributed by atoms with Gasteiger partial charge in [-0.15, -0.1) is 0 Å². The lowest BCUT2D eigenvalue weighted by Crippen LogP contribution is -2.33. The number of amides is 1. The Bertz CT molecular complexity index is 680.